The number of hydrogen-bond donors (Lipinski definition) is 2. The summed E-state index contributed by atoms with van der Waals surface area (Å²) in [6.45, 7) is 8.80. The van der Waals surface area contributed by atoms with Gasteiger partial charge in [0.15, 0.2) is 0 Å². The average molecular weight is 267 g/mol. The third-order valence-electron chi connectivity index (χ3n) is 2.90. The standard InChI is InChI=1S/C12H21N5O2/c1-4-16(5-2)8-9(3)14-12-10(17(18)19)6-7-11(13)15-12/h6-7,9H,4-5,8H2,1-3H3,(H3,13,14,15). The minimum absolute atomic E-state index is 0.0490. The monoisotopic (exact) mass is 267 g/mol. The second-order valence-corrected chi connectivity index (χ2v) is 4.39. The Bertz CT molecular complexity index is 434. The SMILES string of the molecule is CCN(CC)CC(C)Nc1nc(N)ccc1[N+](=O)[O-]. The summed E-state index contributed by atoms with van der Waals surface area (Å²) in [4.78, 5) is 16.7. The lowest BCUT2D eigenvalue weighted by Crippen LogP contribution is -2.35. The Balaban J connectivity index is 2.80. The first-order chi connectivity index (χ1) is 8.97. The molecular formula is C12H21N5O2. The summed E-state index contributed by atoms with van der Waals surface area (Å²) >= 11 is 0. The summed E-state index contributed by atoms with van der Waals surface area (Å²) in [7, 11) is 0. The predicted octanol–water partition coefficient (Wildman–Crippen LogP) is 1.71. The molecule has 0 bridgehead atoms. The van der Waals surface area contributed by atoms with Gasteiger partial charge in [0, 0.05) is 18.7 Å². The van der Waals surface area contributed by atoms with Crippen molar-refractivity contribution in [2.75, 3.05) is 30.7 Å². The van der Waals surface area contributed by atoms with Crippen molar-refractivity contribution in [3.05, 3.63) is 22.2 Å². The number of anilines is 2. The summed E-state index contributed by atoms with van der Waals surface area (Å²) in [5, 5.41) is 14.0. The lowest BCUT2D eigenvalue weighted by molar-refractivity contribution is -0.384. The van der Waals surface area contributed by atoms with Crippen LogP contribution in [0.2, 0.25) is 0 Å². The molecule has 0 radical (unpaired) electrons. The molecule has 7 heteroatoms. The van der Waals surface area contributed by atoms with E-state index in [9.17, 15) is 10.1 Å². The number of nitrogens with one attached hydrogen (secondary N) is 1. The van der Waals surface area contributed by atoms with E-state index in [1.54, 1.807) is 0 Å². The molecule has 0 saturated heterocycles. The third-order valence-corrected chi connectivity index (χ3v) is 2.90. The number of nitrogens with two attached hydrogens (primary N) is 1. The van der Waals surface area contributed by atoms with Crippen molar-refractivity contribution in [2.45, 2.75) is 26.8 Å². The van der Waals surface area contributed by atoms with E-state index in [-0.39, 0.29) is 23.4 Å². The first kappa shape index (κ1) is 15.2. The zero-order chi connectivity index (χ0) is 14.4. The molecule has 1 aromatic heterocycles. The van der Waals surface area contributed by atoms with E-state index in [2.05, 4.69) is 29.0 Å². The van der Waals surface area contributed by atoms with Crippen molar-refractivity contribution in [2.24, 2.45) is 0 Å². The molecule has 0 saturated carbocycles. The molecule has 0 aliphatic rings. The summed E-state index contributed by atoms with van der Waals surface area (Å²) in [5.41, 5.74) is 5.52. The van der Waals surface area contributed by atoms with Crippen LogP contribution in [0.5, 0.6) is 0 Å². The normalized spacial score (nSPS) is 12.4. The Morgan fingerprint density at radius 1 is 1.47 bits per heavy atom. The molecule has 7 nitrogen and oxygen atoms in total. The maximum atomic E-state index is 10.9. The van der Waals surface area contributed by atoms with Gasteiger partial charge in [0.25, 0.3) is 0 Å². The molecule has 1 heterocycles. The van der Waals surface area contributed by atoms with Crippen molar-refractivity contribution in [1.29, 1.82) is 0 Å². The third kappa shape index (κ3) is 4.36. The van der Waals surface area contributed by atoms with Gasteiger partial charge in [-0.2, -0.15) is 0 Å². The van der Waals surface area contributed by atoms with Crippen LogP contribution < -0.4 is 11.1 Å². The van der Waals surface area contributed by atoms with Crippen LogP contribution in [0.15, 0.2) is 12.1 Å². The highest BCUT2D eigenvalue weighted by Gasteiger charge is 2.18. The first-order valence-corrected chi connectivity index (χ1v) is 6.37. The summed E-state index contributed by atoms with van der Waals surface area (Å²) < 4.78 is 0. The van der Waals surface area contributed by atoms with Crippen LogP contribution >= 0.6 is 0 Å². The largest absolute Gasteiger partial charge is 0.384 e. The molecule has 0 aromatic carbocycles. The molecule has 1 aromatic rings. The Kier molecular flexibility index (Phi) is 5.50. The second kappa shape index (κ2) is 6.89. The molecule has 0 amide bonds. The number of likely N-dealkylation sites (N-methyl/N-ethyl adjacent to an activating group) is 1. The van der Waals surface area contributed by atoms with E-state index in [0.717, 1.165) is 19.6 Å². The molecule has 1 unspecified atom stereocenters. The highest BCUT2D eigenvalue weighted by atomic mass is 16.6. The van der Waals surface area contributed by atoms with Crippen molar-refractivity contribution in [3.8, 4) is 0 Å². The molecule has 106 valence electrons. The molecule has 1 atom stereocenters. The Morgan fingerprint density at radius 2 is 2.11 bits per heavy atom. The summed E-state index contributed by atoms with van der Waals surface area (Å²) in [6.07, 6.45) is 0. The number of nitrogen functional groups attached to an aromatic ring is 1. The topological polar surface area (TPSA) is 97.3 Å². The smallest absolute Gasteiger partial charge is 0.311 e. The van der Waals surface area contributed by atoms with Gasteiger partial charge in [-0.25, -0.2) is 4.98 Å². The van der Waals surface area contributed by atoms with Crippen LogP contribution in [0.3, 0.4) is 0 Å². The van der Waals surface area contributed by atoms with Gasteiger partial charge in [-0.3, -0.25) is 10.1 Å². The first-order valence-electron chi connectivity index (χ1n) is 6.37. The van der Waals surface area contributed by atoms with Crippen LogP contribution in [-0.2, 0) is 0 Å². The molecule has 19 heavy (non-hydrogen) atoms. The van der Waals surface area contributed by atoms with Crippen LogP contribution in [0.4, 0.5) is 17.3 Å². The Labute approximate surface area is 113 Å². The molecule has 0 aliphatic heterocycles. The Morgan fingerprint density at radius 3 is 2.63 bits per heavy atom. The summed E-state index contributed by atoms with van der Waals surface area (Å²) in [5.74, 6) is 0.493. The Hall–Kier alpha value is -1.89. The highest BCUT2D eigenvalue weighted by Crippen LogP contribution is 2.23. The van der Waals surface area contributed by atoms with Crippen molar-refractivity contribution < 1.29 is 4.92 Å². The van der Waals surface area contributed by atoms with Gasteiger partial charge in [-0.1, -0.05) is 13.8 Å². The number of hydrogen-bond acceptors (Lipinski definition) is 6. The van der Waals surface area contributed by atoms with E-state index < -0.39 is 4.92 Å². The van der Waals surface area contributed by atoms with Crippen molar-refractivity contribution in [1.82, 2.24) is 9.88 Å². The minimum atomic E-state index is -0.459. The van der Waals surface area contributed by atoms with Crippen molar-refractivity contribution in [3.63, 3.8) is 0 Å². The van der Waals surface area contributed by atoms with Gasteiger partial charge in [-0.15, -0.1) is 0 Å². The quantitative estimate of drug-likeness (QED) is 0.576. The zero-order valence-electron chi connectivity index (χ0n) is 11.6. The molecule has 0 fully saturated rings. The fraction of sp³-hybridized carbons (Fsp3) is 0.583. The van der Waals surface area contributed by atoms with Crippen LogP contribution in [0.1, 0.15) is 20.8 Å². The van der Waals surface area contributed by atoms with E-state index in [0.29, 0.717) is 0 Å². The molecule has 0 spiro atoms. The lowest BCUT2D eigenvalue weighted by Gasteiger charge is -2.23. The number of aromatic nitrogens is 1. The minimum Gasteiger partial charge on any atom is -0.384 e. The molecule has 1 rings (SSSR count). The second-order valence-electron chi connectivity index (χ2n) is 4.39. The summed E-state index contributed by atoms with van der Waals surface area (Å²) in [6, 6.07) is 2.85. The number of rotatable bonds is 7. The van der Waals surface area contributed by atoms with Gasteiger partial charge >= 0.3 is 5.69 Å². The van der Waals surface area contributed by atoms with Crippen molar-refractivity contribution >= 4 is 17.3 Å². The van der Waals surface area contributed by atoms with Gasteiger partial charge in [-0.05, 0) is 26.1 Å². The van der Waals surface area contributed by atoms with Gasteiger partial charge in [0.1, 0.15) is 5.82 Å². The number of nitrogens with zero attached hydrogens (tertiary/aromatic N) is 3. The van der Waals surface area contributed by atoms with Crippen LogP contribution in [0, 0.1) is 10.1 Å². The molecular weight excluding hydrogens is 246 g/mol. The molecule has 3 N–H and O–H groups in total. The maximum absolute atomic E-state index is 10.9. The highest BCUT2D eigenvalue weighted by molar-refractivity contribution is 5.59. The van der Waals surface area contributed by atoms with E-state index in [1.807, 2.05) is 6.92 Å². The molecule has 0 aliphatic carbocycles. The number of nitro groups is 1. The van der Waals surface area contributed by atoms with E-state index in [4.69, 9.17) is 5.73 Å². The van der Waals surface area contributed by atoms with E-state index >= 15 is 0 Å². The zero-order valence-corrected chi connectivity index (χ0v) is 11.6. The van der Waals surface area contributed by atoms with E-state index in [1.165, 1.54) is 12.1 Å². The lowest BCUT2D eigenvalue weighted by atomic mass is 10.3. The van der Waals surface area contributed by atoms with Gasteiger partial charge in [0.05, 0.1) is 4.92 Å². The van der Waals surface area contributed by atoms with Gasteiger partial charge < -0.3 is 16.0 Å². The predicted molar refractivity (Wildman–Crippen MR) is 76.2 cm³/mol. The number of pyridine rings is 1. The average Bonchev–Trinajstić information content (AvgIpc) is 2.35. The fourth-order valence-electron chi connectivity index (χ4n) is 1.87. The van der Waals surface area contributed by atoms with Gasteiger partial charge in [0.2, 0.25) is 5.82 Å². The maximum Gasteiger partial charge on any atom is 0.311 e. The fourth-order valence-corrected chi connectivity index (χ4v) is 1.87. The van der Waals surface area contributed by atoms with Crippen LogP contribution in [0.25, 0.3) is 0 Å². The van der Waals surface area contributed by atoms with Crippen LogP contribution in [-0.4, -0.2) is 40.5 Å².